The molecule has 0 aliphatic carbocycles. The Kier molecular flexibility index (Phi) is 5.33. The third kappa shape index (κ3) is 4.05. The number of aryl methyl sites for hydroxylation is 1. The predicted octanol–water partition coefficient (Wildman–Crippen LogP) is 1.90. The molecule has 0 saturated carbocycles. The van der Waals surface area contributed by atoms with Crippen molar-refractivity contribution in [2.45, 2.75) is 39.5 Å². The van der Waals surface area contributed by atoms with Crippen LogP contribution < -0.4 is 10.2 Å². The molecule has 2 rings (SSSR count). The van der Waals surface area contributed by atoms with Gasteiger partial charge in [-0.25, -0.2) is 4.39 Å². The molecule has 1 aromatic heterocycles. The lowest BCUT2D eigenvalue weighted by Crippen LogP contribution is -2.40. The van der Waals surface area contributed by atoms with Crippen LogP contribution in [0.2, 0.25) is 0 Å². The summed E-state index contributed by atoms with van der Waals surface area (Å²) in [4.78, 5) is 24.6. The second kappa shape index (κ2) is 7.06. The fraction of sp³-hybridized carbons (Fsp3) is 0.375. The molecule has 0 fully saturated rings. The molecule has 1 heterocycles. The van der Waals surface area contributed by atoms with E-state index in [0.717, 1.165) is 21.9 Å². The molecule has 1 amide bonds. The molecule has 2 aromatic rings. The van der Waals surface area contributed by atoms with Gasteiger partial charge < -0.3 is 10.4 Å². The van der Waals surface area contributed by atoms with Gasteiger partial charge in [0.2, 0.25) is 5.91 Å². The van der Waals surface area contributed by atoms with Crippen LogP contribution in [0.3, 0.4) is 0 Å². The minimum absolute atomic E-state index is 0.0878. The number of aromatic nitrogens is 1. The fourth-order valence-corrected chi connectivity index (χ4v) is 3.07. The number of carbonyl (C=O) groups excluding carboxylic acids is 1. The maximum atomic E-state index is 12.9. The lowest BCUT2D eigenvalue weighted by atomic mass is 10.0. The fourth-order valence-electron chi connectivity index (χ4n) is 2.24. The second-order valence-corrected chi connectivity index (χ2v) is 6.61. The number of nitrogens with one attached hydrogen (secondary N) is 1. The number of halogens is 1. The topological polar surface area (TPSA) is 71.3 Å². The first-order chi connectivity index (χ1) is 10.8. The minimum atomic E-state index is -0.957. The van der Waals surface area contributed by atoms with Crippen molar-refractivity contribution < 1.29 is 14.3 Å². The van der Waals surface area contributed by atoms with Gasteiger partial charge in [-0.15, -0.1) is 0 Å². The van der Waals surface area contributed by atoms with E-state index in [0.29, 0.717) is 5.56 Å². The Morgan fingerprint density at radius 2 is 1.96 bits per heavy atom. The molecule has 7 heteroatoms. The van der Waals surface area contributed by atoms with Crippen molar-refractivity contribution in [1.82, 2.24) is 9.88 Å². The minimum Gasteiger partial charge on any atom is -0.386 e. The summed E-state index contributed by atoms with van der Waals surface area (Å²) in [5, 5.41) is 12.9. The first-order valence-corrected chi connectivity index (χ1v) is 8.01. The number of aliphatic hydroxyl groups is 1. The number of hydrogen-bond donors (Lipinski definition) is 2. The van der Waals surface area contributed by atoms with E-state index >= 15 is 0 Å². The summed E-state index contributed by atoms with van der Waals surface area (Å²) >= 11 is 1.10. The van der Waals surface area contributed by atoms with Gasteiger partial charge in [-0.05, 0) is 38.5 Å². The number of carbonyl (C=O) groups is 1. The maximum Gasteiger partial charge on any atom is 0.308 e. The Bertz CT molecular complexity index is 752. The predicted molar refractivity (Wildman–Crippen MR) is 87.0 cm³/mol. The quantitative estimate of drug-likeness (QED) is 0.875. The van der Waals surface area contributed by atoms with Crippen LogP contribution in [-0.4, -0.2) is 21.6 Å². The standard InChI is InChI=1S/C16H19FN2O3S/c1-9(15(21)12-4-6-13(17)7-5-12)18-14(20)8-19-10(2)11(3)23-16(19)22/h4-7,9,15,21H,8H2,1-3H3,(H,18,20). The van der Waals surface area contributed by atoms with Crippen molar-refractivity contribution in [3.05, 3.63) is 55.9 Å². The molecular weight excluding hydrogens is 319 g/mol. The summed E-state index contributed by atoms with van der Waals surface area (Å²) < 4.78 is 14.3. The molecule has 0 aliphatic heterocycles. The average Bonchev–Trinajstić information content (AvgIpc) is 2.73. The molecular formula is C16H19FN2O3S. The van der Waals surface area contributed by atoms with Gasteiger partial charge in [0, 0.05) is 10.6 Å². The molecule has 0 bridgehead atoms. The van der Waals surface area contributed by atoms with Crippen LogP contribution in [0.1, 0.15) is 29.2 Å². The molecule has 0 radical (unpaired) electrons. The van der Waals surface area contributed by atoms with Crippen LogP contribution in [-0.2, 0) is 11.3 Å². The molecule has 0 aliphatic rings. The van der Waals surface area contributed by atoms with Gasteiger partial charge >= 0.3 is 4.87 Å². The number of rotatable bonds is 5. The van der Waals surface area contributed by atoms with E-state index in [1.54, 1.807) is 13.8 Å². The summed E-state index contributed by atoms with van der Waals surface area (Å²) in [5.74, 6) is -0.748. The smallest absolute Gasteiger partial charge is 0.308 e. The SMILES string of the molecule is Cc1sc(=O)n(CC(=O)NC(C)C(O)c2ccc(F)cc2)c1C. The first kappa shape index (κ1) is 17.4. The van der Waals surface area contributed by atoms with Crippen LogP contribution in [0.15, 0.2) is 29.1 Å². The molecule has 0 spiro atoms. The number of thiazole rings is 1. The van der Waals surface area contributed by atoms with Crippen molar-refractivity contribution in [2.75, 3.05) is 0 Å². The van der Waals surface area contributed by atoms with Gasteiger partial charge in [0.25, 0.3) is 0 Å². The zero-order valence-corrected chi connectivity index (χ0v) is 14.0. The molecule has 124 valence electrons. The van der Waals surface area contributed by atoms with E-state index in [9.17, 15) is 19.1 Å². The molecule has 23 heavy (non-hydrogen) atoms. The highest BCUT2D eigenvalue weighted by molar-refractivity contribution is 7.09. The van der Waals surface area contributed by atoms with Gasteiger partial charge in [0.05, 0.1) is 12.1 Å². The van der Waals surface area contributed by atoms with Crippen molar-refractivity contribution in [3.8, 4) is 0 Å². The van der Waals surface area contributed by atoms with E-state index in [4.69, 9.17) is 0 Å². The summed E-state index contributed by atoms with van der Waals surface area (Å²) in [6, 6.07) is 4.89. The van der Waals surface area contributed by atoms with E-state index in [1.165, 1.54) is 28.8 Å². The van der Waals surface area contributed by atoms with Crippen molar-refractivity contribution in [3.63, 3.8) is 0 Å². The zero-order valence-electron chi connectivity index (χ0n) is 13.2. The van der Waals surface area contributed by atoms with Gasteiger partial charge in [-0.3, -0.25) is 14.2 Å². The van der Waals surface area contributed by atoms with E-state index in [2.05, 4.69) is 5.32 Å². The Hall–Kier alpha value is -1.99. The summed E-state index contributed by atoms with van der Waals surface area (Å²) in [5.41, 5.74) is 1.28. The van der Waals surface area contributed by atoms with Crippen molar-refractivity contribution >= 4 is 17.2 Å². The highest BCUT2D eigenvalue weighted by Gasteiger charge is 2.19. The third-order valence-electron chi connectivity index (χ3n) is 3.75. The Balaban J connectivity index is 2.01. The summed E-state index contributed by atoms with van der Waals surface area (Å²) in [7, 11) is 0. The normalized spacial score (nSPS) is 13.6. The number of nitrogens with zero attached hydrogens (tertiary/aromatic N) is 1. The summed E-state index contributed by atoms with van der Waals surface area (Å²) in [6.45, 7) is 5.18. The summed E-state index contributed by atoms with van der Waals surface area (Å²) in [6.07, 6.45) is -0.957. The molecule has 0 saturated heterocycles. The van der Waals surface area contributed by atoms with Crippen LogP contribution in [0, 0.1) is 19.7 Å². The molecule has 5 nitrogen and oxygen atoms in total. The monoisotopic (exact) mass is 338 g/mol. The third-order valence-corrected chi connectivity index (χ3v) is 4.75. The van der Waals surface area contributed by atoms with E-state index < -0.39 is 12.1 Å². The largest absolute Gasteiger partial charge is 0.386 e. The second-order valence-electron chi connectivity index (χ2n) is 5.45. The van der Waals surface area contributed by atoms with Crippen LogP contribution in [0.5, 0.6) is 0 Å². The molecule has 2 atom stereocenters. The maximum absolute atomic E-state index is 12.9. The van der Waals surface area contributed by atoms with Gasteiger partial charge in [0.1, 0.15) is 12.4 Å². The lowest BCUT2D eigenvalue weighted by Gasteiger charge is -2.21. The van der Waals surface area contributed by atoms with Crippen LogP contribution >= 0.6 is 11.3 Å². The van der Waals surface area contributed by atoms with Crippen molar-refractivity contribution in [2.24, 2.45) is 0 Å². The molecule has 1 aromatic carbocycles. The number of amides is 1. The Morgan fingerprint density at radius 3 is 2.48 bits per heavy atom. The van der Waals surface area contributed by atoms with Gasteiger partial charge in [-0.1, -0.05) is 23.5 Å². The number of hydrogen-bond acceptors (Lipinski definition) is 4. The average molecular weight is 338 g/mol. The Labute approximate surface area is 137 Å². The number of aliphatic hydroxyl groups excluding tert-OH is 1. The molecule has 2 unspecified atom stereocenters. The van der Waals surface area contributed by atoms with Crippen LogP contribution in [0.25, 0.3) is 0 Å². The highest BCUT2D eigenvalue weighted by atomic mass is 32.1. The van der Waals surface area contributed by atoms with Crippen LogP contribution in [0.4, 0.5) is 4.39 Å². The lowest BCUT2D eigenvalue weighted by molar-refractivity contribution is -0.123. The van der Waals surface area contributed by atoms with E-state index in [1.807, 2.05) is 6.92 Å². The Morgan fingerprint density at radius 1 is 1.35 bits per heavy atom. The van der Waals surface area contributed by atoms with Gasteiger partial charge in [-0.2, -0.15) is 0 Å². The number of benzene rings is 1. The zero-order chi connectivity index (χ0) is 17.1. The molecule has 2 N–H and O–H groups in total. The van der Waals surface area contributed by atoms with Gasteiger partial charge in [0.15, 0.2) is 0 Å². The first-order valence-electron chi connectivity index (χ1n) is 7.19. The van der Waals surface area contributed by atoms with Crippen molar-refractivity contribution in [1.29, 1.82) is 0 Å². The highest BCUT2D eigenvalue weighted by Crippen LogP contribution is 2.17. The van der Waals surface area contributed by atoms with E-state index in [-0.39, 0.29) is 23.1 Å².